The topological polar surface area (TPSA) is 146 Å². The number of nitro groups is 1. The van der Waals surface area contributed by atoms with Crippen molar-refractivity contribution in [1.82, 2.24) is 15.3 Å². The number of hydrogen-bond donors (Lipinski definition) is 2. The lowest BCUT2D eigenvalue weighted by molar-refractivity contribution is -0.384. The van der Waals surface area contributed by atoms with Crippen LogP contribution in [0.15, 0.2) is 12.1 Å². The van der Waals surface area contributed by atoms with E-state index >= 15 is 0 Å². The van der Waals surface area contributed by atoms with Gasteiger partial charge in [0.25, 0.3) is 17.4 Å². The largest absolute Gasteiger partial charge is 0.477 e. The number of non-ortho nitro benzene ring substituents is 1. The average Bonchev–Trinajstić information content (AvgIpc) is 2.63. The van der Waals surface area contributed by atoms with Gasteiger partial charge in [-0.25, -0.2) is 9.97 Å². The molecule has 2 N–H and O–H groups in total. The zero-order valence-electron chi connectivity index (χ0n) is 15.2. The van der Waals surface area contributed by atoms with E-state index < -0.39 is 12.5 Å². The van der Waals surface area contributed by atoms with Crippen molar-refractivity contribution in [1.29, 1.82) is 0 Å². The fraction of sp³-hybridized carbons (Fsp3) is 0.467. The molecule has 1 atom stereocenters. The number of nitrogens with one attached hydrogen (secondary N) is 1. The third kappa shape index (κ3) is 5.33. The number of hydrogen-bond acceptors (Lipinski definition) is 9. The third-order valence-electron chi connectivity index (χ3n) is 3.59. The lowest BCUT2D eigenvalue weighted by Gasteiger charge is -2.12. The number of methoxy groups -OCH3 is 2. The molecule has 12 heteroatoms. The van der Waals surface area contributed by atoms with Crippen molar-refractivity contribution in [2.24, 2.45) is 0 Å². The van der Waals surface area contributed by atoms with Gasteiger partial charge in [0.15, 0.2) is 0 Å². The van der Waals surface area contributed by atoms with Crippen molar-refractivity contribution in [3.05, 3.63) is 27.8 Å². The molecule has 0 aliphatic rings. The second kappa shape index (κ2) is 9.05. The molecule has 0 aliphatic heterocycles. The Balaban J connectivity index is 2.30. The number of nitro benzene ring substituents is 1. The molecule has 1 aromatic heterocycles. The lowest BCUT2D eigenvalue weighted by atomic mass is 10.1. The zero-order chi connectivity index (χ0) is 20.0. The molecule has 0 spiro atoms. The molecule has 27 heavy (non-hydrogen) atoms. The molecule has 1 heterocycles. The van der Waals surface area contributed by atoms with E-state index in [-0.39, 0.29) is 48.8 Å². The van der Waals surface area contributed by atoms with E-state index in [1.807, 2.05) is 0 Å². The lowest BCUT2D eigenvalue weighted by Crippen LogP contribution is -2.19. The Morgan fingerprint density at radius 1 is 1.26 bits per heavy atom. The molecule has 0 aliphatic carbocycles. The second-order valence-corrected chi connectivity index (χ2v) is 7.41. The fourth-order valence-corrected chi connectivity index (χ4v) is 3.37. The normalized spacial score (nSPS) is 13.3. The van der Waals surface area contributed by atoms with Crippen molar-refractivity contribution in [3.8, 4) is 11.8 Å². The summed E-state index contributed by atoms with van der Waals surface area (Å²) in [5.74, 6) is 0.263. The molecule has 0 saturated carbocycles. The van der Waals surface area contributed by atoms with E-state index in [4.69, 9.17) is 14.0 Å². The van der Waals surface area contributed by atoms with Gasteiger partial charge in [-0.1, -0.05) is 0 Å². The number of aromatic nitrogens is 2. The van der Waals surface area contributed by atoms with E-state index in [2.05, 4.69) is 15.3 Å². The van der Waals surface area contributed by atoms with Gasteiger partial charge in [-0.2, -0.15) is 0 Å². The van der Waals surface area contributed by atoms with Crippen LogP contribution < -0.4 is 14.8 Å². The highest BCUT2D eigenvalue weighted by atomic mass is 31.2. The summed E-state index contributed by atoms with van der Waals surface area (Å²) >= 11 is 0. The first kappa shape index (κ1) is 21.0. The molecular formula is C15H21N4O7P. The van der Waals surface area contributed by atoms with Crippen molar-refractivity contribution in [3.63, 3.8) is 0 Å². The number of benzene rings is 1. The minimum atomic E-state index is -3.65. The summed E-state index contributed by atoms with van der Waals surface area (Å²) in [5, 5.41) is 14.2. The van der Waals surface area contributed by atoms with Gasteiger partial charge in [-0.3, -0.25) is 14.7 Å². The van der Waals surface area contributed by atoms with Crippen molar-refractivity contribution in [2.45, 2.75) is 13.5 Å². The maximum Gasteiger partial charge on any atom is 0.329 e. The first-order valence-electron chi connectivity index (χ1n) is 8.05. The van der Waals surface area contributed by atoms with E-state index in [1.165, 1.54) is 26.4 Å². The molecule has 2 rings (SSSR count). The van der Waals surface area contributed by atoms with Crippen LogP contribution in [0, 0.1) is 10.1 Å². The van der Waals surface area contributed by atoms with Gasteiger partial charge < -0.3 is 24.2 Å². The molecule has 11 nitrogen and oxygen atoms in total. The molecular weight excluding hydrogens is 379 g/mol. The molecule has 0 saturated heterocycles. The smallest absolute Gasteiger partial charge is 0.329 e. The van der Waals surface area contributed by atoms with Crippen LogP contribution in [-0.2, 0) is 15.6 Å². The summed E-state index contributed by atoms with van der Waals surface area (Å²) in [6.45, 7) is 2.12. The molecule has 0 fully saturated rings. The van der Waals surface area contributed by atoms with E-state index in [0.29, 0.717) is 11.1 Å². The fourth-order valence-electron chi connectivity index (χ4n) is 2.40. The van der Waals surface area contributed by atoms with Crippen molar-refractivity contribution in [2.75, 3.05) is 33.5 Å². The maximum atomic E-state index is 11.7. The maximum absolute atomic E-state index is 11.7. The molecule has 2 aromatic rings. The number of rotatable bonds is 10. The molecule has 0 radical (unpaired) electrons. The van der Waals surface area contributed by atoms with E-state index in [9.17, 15) is 19.6 Å². The number of ether oxygens (including phenoxy) is 2. The van der Waals surface area contributed by atoms with Gasteiger partial charge in [0.2, 0.25) is 0 Å². The van der Waals surface area contributed by atoms with Gasteiger partial charge in [-0.05, 0) is 6.92 Å². The Morgan fingerprint density at radius 3 is 2.52 bits per heavy atom. The summed E-state index contributed by atoms with van der Waals surface area (Å²) in [4.78, 5) is 28.8. The molecule has 1 unspecified atom stereocenters. The monoisotopic (exact) mass is 400 g/mol. The van der Waals surface area contributed by atoms with E-state index in [1.54, 1.807) is 6.92 Å². The molecule has 0 amide bonds. The van der Waals surface area contributed by atoms with Gasteiger partial charge in [0.05, 0.1) is 37.4 Å². The van der Waals surface area contributed by atoms with Crippen LogP contribution in [0.25, 0.3) is 11.0 Å². The van der Waals surface area contributed by atoms with Crippen LogP contribution in [0.3, 0.4) is 0 Å². The highest BCUT2D eigenvalue weighted by molar-refractivity contribution is 7.52. The van der Waals surface area contributed by atoms with Crippen molar-refractivity contribution < 1.29 is 28.4 Å². The zero-order valence-corrected chi connectivity index (χ0v) is 16.1. The molecule has 0 bridgehead atoms. The standard InChI is InChI=1S/C15H21N4O7P/c1-4-26-27(22,23)6-5-16-9-10-7-11(19(20)21)8-12-13(10)18-15(25-3)14(17-12)24-2/h7-8,16H,4-6,9H2,1-3H3,(H,22,23). The second-order valence-electron chi connectivity index (χ2n) is 5.43. The van der Waals surface area contributed by atoms with Crippen LogP contribution in [0.4, 0.5) is 5.69 Å². The number of nitrogens with zero attached hydrogens (tertiary/aromatic N) is 3. The highest BCUT2D eigenvalue weighted by Crippen LogP contribution is 2.40. The van der Waals surface area contributed by atoms with Gasteiger partial charge in [0.1, 0.15) is 5.52 Å². The Hall–Kier alpha value is -2.33. The summed E-state index contributed by atoms with van der Waals surface area (Å²) in [5.41, 5.74) is 1.03. The Morgan fingerprint density at radius 2 is 1.93 bits per heavy atom. The third-order valence-corrected chi connectivity index (χ3v) is 5.04. The van der Waals surface area contributed by atoms with Crippen LogP contribution in [0.2, 0.25) is 0 Å². The summed E-state index contributed by atoms with van der Waals surface area (Å²) in [6.07, 6.45) is -0.0868. The summed E-state index contributed by atoms with van der Waals surface area (Å²) in [7, 11) is -0.842. The molecule has 1 aromatic carbocycles. The average molecular weight is 400 g/mol. The quantitative estimate of drug-likeness (QED) is 0.262. The minimum absolute atomic E-state index is 0.0868. The summed E-state index contributed by atoms with van der Waals surface area (Å²) in [6, 6.07) is 2.67. The van der Waals surface area contributed by atoms with E-state index in [0.717, 1.165) is 0 Å². The highest BCUT2D eigenvalue weighted by Gasteiger charge is 2.19. The van der Waals surface area contributed by atoms with Crippen LogP contribution >= 0.6 is 7.60 Å². The Kier molecular flexibility index (Phi) is 7.03. The van der Waals surface area contributed by atoms with Crippen LogP contribution in [-0.4, -0.2) is 53.3 Å². The Bertz CT molecular complexity index is 877. The molecule has 148 valence electrons. The van der Waals surface area contributed by atoms with Crippen LogP contribution in [0.5, 0.6) is 11.8 Å². The minimum Gasteiger partial charge on any atom is -0.477 e. The predicted molar refractivity (Wildman–Crippen MR) is 97.3 cm³/mol. The first-order chi connectivity index (χ1) is 12.8. The number of fused-ring (bicyclic) bond motifs is 1. The van der Waals surface area contributed by atoms with Crippen molar-refractivity contribution >= 4 is 24.3 Å². The summed E-state index contributed by atoms with van der Waals surface area (Å²) < 4.78 is 26.7. The first-order valence-corrected chi connectivity index (χ1v) is 9.81. The Labute approximate surface area is 155 Å². The SMILES string of the molecule is CCOP(=O)(O)CCNCc1cc([N+](=O)[O-])cc2nc(OC)c(OC)nc12. The van der Waals surface area contributed by atoms with Crippen LogP contribution in [0.1, 0.15) is 12.5 Å². The van der Waals surface area contributed by atoms with Gasteiger partial charge in [-0.15, -0.1) is 0 Å². The predicted octanol–water partition coefficient (Wildman–Crippen LogP) is 1.87. The van der Waals surface area contributed by atoms with Gasteiger partial charge >= 0.3 is 7.60 Å². The van der Waals surface area contributed by atoms with Gasteiger partial charge in [0, 0.05) is 30.8 Å².